The number of benzene rings is 1. The number of hydrogen-bond donors (Lipinski definition) is 1. The van der Waals surface area contributed by atoms with Crippen LogP contribution in [0, 0.1) is 26.0 Å². The summed E-state index contributed by atoms with van der Waals surface area (Å²) in [6.45, 7) is 0.149. The van der Waals surface area contributed by atoms with Crippen molar-refractivity contribution >= 4 is 27.7 Å². The number of anilines is 1. The molecular formula is C11H8FN3O4S. The predicted molar refractivity (Wildman–Crippen MR) is 71.4 cm³/mol. The second-order valence-corrected chi connectivity index (χ2v) is 4.92. The van der Waals surface area contributed by atoms with Crippen molar-refractivity contribution in [1.29, 1.82) is 0 Å². The van der Waals surface area contributed by atoms with Crippen LogP contribution in [0.25, 0.3) is 0 Å². The first-order valence-corrected chi connectivity index (χ1v) is 6.20. The maximum Gasteiger partial charge on any atom is 0.324 e. The predicted octanol–water partition coefficient (Wildman–Crippen LogP) is 3.32. The van der Waals surface area contributed by atoms with Crippen LogP contribution in [0.1, 0.15) is 4.88 Å². The van der Waals surface area contributed by atoms with E-state index < -0.39 is 15.7 Å². The maximum absolute atomic E-state index is 13.5. The third-order valence-electron chi connectivity index (χ3n) is 2.44. The van der Waals surface area contributed by atoms with Crippen molar-refractivity contribution in [3.8, 4) is 0 Å². The Hall–Kier alpha value is -2.55. The largest absolute Gasteiger partial charge is 0.378 e. The Labute approximate surface area is 116 Å². The summed E-state index contributed by atoms with van der Waals surface area (Å²) in [5.41, 5.74) is -0.249. The summed E-state index contributed by atoms with van der Waals surface area (Å²) in [5, 5.41) is 23.8. The van der Waals surface area contributed by atoms with Gasteiger partial charge < -0.3 is 5.32 Å². The molecule has 0 bridgehead atoms. The van der Waals surface area contributed by atoms with Gasteiger partial charge in [-0.1, -0.05) is 11.3 Å². The maximum atomic E-state index is 13.5. The van der Waals surface area contributed by atoms with Gasteiger partial charge in [-0.15, -0.1) is 0 Å². The third-order valence-corrected chi connectivity index (χ3v) is 3.48. The van der Waals surface area contributed by atoms with Gasteiger partial charge in [-0.05, 0) is 12.1 Å². The highest BCUT2D eigenvalue weighted by atomic mass is 32.1. The standard InChI is InChI=1S/C11H8FN3O4S/c12-9-3-1-7(14(16)17)5-10(9)13-6-8-2-4-11(20-8)15(18)19/h1-5,13H,6H2. The van der Waals surface area contributed by atoms with Crippen LogP contribution < -0.4 is 5.32 Å². The highest BCUT2D eigenvalue weighted by Crippen LogP contribution is 2.26. The van der Waals surface area contributed by atoms with E-state index in [-0.39, 0.29) is 22.9 Å². The SMILES string of the molecule is O=[N+]([O-])c1ccc(F)c(NCc2ccc([N+](=O)[O-])s2)c1. The van der Waals surface area contributed by atoms with E-state index >= 15 is 0 Å². The van der Waals surface area contributed by atoms with Crippen molar-refractivity contribution in [1.82, 2.24) is 0 Å². The minimum atomic E-state index is -0.624. The summed E-state index contributed by atoms with van der Waals surface area (Å²) in [6.07, 6.45) is 0. The summed E-state index contributed by atoms with van der Waals surface area (Å²) < 4.78 is 13.5. The lowest BCUT2D eigenvalue weighted by atomic mass is 10.2. The van der Waals surface area contributed by atoms with Gasteiger partial charge in [0.25, 0.3) is 5.69 Å². The molecule has 1 N–H and O–H groups in total. The highest BCUT2D eigenvalue weighted by molar-refractivity contribution is 7.15. The van der Waals surface area contributed by atoms with Crippen LogP contribution in [0.4, 0.5) is 20.8 Å². The van der Waals surface area contributed by atoms with Crippen molar-refractivity contribution in [3.63, 3.8) is 0 Å². The van der Waals surface area contributed by atoms with Crippen molar-refractivity contribution in [2.45, 2.75) is 6.54 Å². The first-order valence-electron chi connectivity index (χ1n) is 5.38. The van der Waals surface area contributed by atoms with Crippen molar-refractivity contribution in [3.05, 3.63) is 61.3 Å². The van der Waals surface area contributed by atoms with E-state index in [4.69, 9.17) is 0 Å². The van der Waals surface area contributed by atoms with Crippen LogP contribution in [-0.4, -0.2) is 9.85 Å². The fourth-order valence-electron chi connectivity index (χ4n) is 1.50. The Bertz CT molecular complexity index is 673. The first-order chi connectivity index (χ1) is 9.47. The molecule has 0 unspecified atom stereocenters. The average molecular weight is 297 g/mol. The second-order valence-electron chi connectivity index (χ2n) is 3.77. The summed E-state index contributed by atoms with van der Waals surface area (Å²) in [7, 11) is 0. The fourth-order valence-corrected chi connectivity index (χ4v) is 2.26. The van der Waals surface area contributed by atoms with Gasteiger partial charge in [0.05, 0.1) is 15.5 Å². The molecule has 7 nitrogen and oxygen atoms in total. The Morgan fingerprint density at radius 2 is 1.90 bits per heavy atom. The van der Waals surface area contributed by atoms with Crippen LogP contribution in [-0.2, 0) is 6.54 Å². The first kappa shape index (κ1) is 13.9. The Morgan fingerprint density at radius 1 is 1.15 bits per heavy atom. The molecule has 0 aliphatic carbocycles. The van der Waals surface area contributed by atoms with Gasteiger partial charge in [0.1, 0.15) is 5.82 Å². The van der Waals surface area contributed by atoms with E-state index in [0.717, 1.165) is 29.5 Å². The smallest absolute Gasteiger partial charge is 0.324 e. The van der Waals surface area contributed by atoms with Crippen molar-refractivity contribution in [2.75, 3.05) is 5.32 Å². The highest BCUT2D eigenvalue weighted by Gasteiger charge is 2.12. The zero-order valence-electron chi connectivity index (χ0n) is 9.91. The van der Waals surface area contributed by atoms with Crippen LogP contribution >= 0.6 is 11.3 Å². The normalized spacial score (nSPS) is 10.2. The molecule has 0 saturated heterocycles. The number of hydrogen-bond acceptors (Lipinski definition) is 6. The Kier molecular flexibility index (Phi) is 3.89. The average Bonchev–Trinajstić information content (AvgIpc) is 2.86. The number of nitro benzene ring substituents is 1. The zero-order valence-corrected chi connectivity index (χ0v) is 10.7. The van der Waals surface area contributed by atoms with E-state index in [9.17, 15) is 24.6 Å². The van der Waals surface area contributed by atoms with Crippen LogP contribution in [0.2, 0.25) is 0 Å². The van der Waals surface area contributed by atoms with E-state index in [1.165, 1.54) is 6.07 Å². The minimum absolute atomic E-state index is 0.0127. The van der Waals surface area contributed by atoms with Gasteiger partial charge in [-0.2, -0.15) is 0 Å². The molecule has 0 amide bonds. The lowest BCUT2D eigenvalue weighted by molar-refractivity contribution is -0.384. The minimum Gasteiger partial charge on any atom is -0.378 e. The molecule has 104 valence electrons. The van der Waals surface area contributed by atoms with Crippen LogP contribution in [0.5, 0.6) is 0 Å². The molecule has 2 rings (SSSR count). The van der Waals surface area contributed by atoms with Gasteiger partial charge >= 0.3 is 5.00 Å². The number of nitrogens with one attached hydrogen (secondary N) is 1. The summed E-state index contributed by atoms with van der Waals surface area (Å²) in [4.78, 5) is 20.6. The molecule has 1 aromatic carbocycles. The van der Waals surface area contributed by atoms with E-state index in [0.29, 0.717) is 4.88 Å². The number of non-ortho nitro benzene ring substituents is 1. The lowest BCUT2D eigenvalue weighted by Crippen LogP contribution is -2.01. The molecule has 0 aliphatic heterocycles. The molecule has 0 spiro atoms. The molecule has 0 aliphatic rings. The molecule has 1 heterocycles. The third kappa shape index (κ3) is 3.06. The quantitative estimate of drug-likeness (QED) is 0.674. The molecular weight excluding hydrogens is 289 g/mol. The number of halogens is 1. The molecule has 0 atom stereocenters. The fraction of sp³-hybridized carbons (Fsp3) is 0.0909. The van der Waals surface area contributed by atoms with E-state index in [2.05, 4.69) is 5.32 Å². The van der Waals surface area contributed by atoms with E-state index in [1.807, 2.05) is 0 Å². The van der Waals surface area contributed by atoms with Gasteiger partial charge in [0.2, 0.25) is 0 Å². The molecule has 1 aromatic heterocycles. The lowest BCUT2D eigenvalue weighted by Gasteiger charge is -2.05. The Balaban J connectivity index is 2.11. The number of thiophene rings is 1. The van der Waals surface area contributed by atoms with Crippen molar-refractivity contribution < 1.29 is 14.2 Å². The molecule has 0 saturated carbocycles. The van der Waals surface area contributed by atoms with Crippen LogP contribution in [0.15, 0.2) is 30.3 Å². The molecule has 20 heavy (non-hydrogen) atoms. The van der Waals surface area contributed by atoms with Crippen molar-refractivity contribution in [2.24, 2.45) is 0 Å². The van der Waals surface area contributed by atoms with Gasteiger partial charge in [-0.25, -0.2) is 4.39 Å². The van der Waals surface area contributed by atoms with Gasteiger partial charge in [0.15, 0.2) is 0 Å². The molecule has 0 radical (unpaired) electrons. The molecule has 2 aromatic rings. The molecule has 9 heteroatoms. The summed E-state index contributed by atoms with van der Waals surface area (Å²) in [6, 6.07) is 6.04. The molecule has 0 fully saturated rings. The topological polar surface area (TPSA) is 98.3 Å². The van der Waals surface area contributed by atoms with Gasteiger partial charge in [-0.3, -0.25) is 20.2 Å². The number of nitrogens with zero attached hydrogens (tertiary/aromatic N) is 2. The zero-order chi connectivity index (χ0) is 14.7. The summed E-state index contributed by atoms with van der Waals surface area (Å²) in [5.74, 6) is -0.623. The summed E-state index contributed by atoms with van der Waals surface area (Å²) >= 11 is 0.959. The Morgan fingerprint density at radius 3 is 2.50 bits per heavy atom. The number of nitro groups is 2. The number of rotatable bonds is 5. The van der Waals surface area contributed by atoms with Gasteiger partial charge in [0, 0.05) is 29.6 Å². The van der Waals surface area contributed by atoms with E-state index in [1.54, 1.807) is 6.07 Å². The van der Waals surface area contributed by atoms with Crippen LogP contribution in [0.3, 0.4) is 0 Å². The second kappa shape index (κ2) is 5.61. The monoisotopic (exact) mass is 297 g/mol.